The van der Waals surface area contributed by atoms with Gasteiger partial charge in [0.25, 0.3) is 0 Å². The monoisotopic (exact) mass is 222 g/mol. The molecule has 5 heteroatoms. The van der Waals surface area contributed by atoms with E-state index >= 15 is 0 Å². The molecule has 1 aliphatic carbocycles. The molecule has 1 saturated carbocycles. The van der Waals surface area contributed by atoms with Crippen LogP contribution in [0.1, 0.15) is 36.7 Å². The first-order valence-electron chi connectivity index (χ1n) is 5.53. The molecule has 4 N–H and O–H groups in total. The molecule has 0 saturated heterocycles. The van der Waals surface area contributed by atoms with Gasteiger partial charge in [0.15, 0.2) is 0 Å². The maximum Gasteiger partial charge on any atom is 0.237 e. The van der Waals surface area contributed by atoms with Gasteiger partial charge in [0.2, 0.25) is 5.91 Å². The molecule has 0 aliphatic heterocycles. The van der Waals surface area contributed by atoms with Crippen LogP contribution < -0.4 is 11.5 Å². The van der Waals surface area contributed by atoms with Gasteiger partial charge in [0, 0.05) is 11.7 Å². The molecule has 1 aromatic rings. The number of nitrogens with zero attached hydrogens (tertiary/aromatic N) is 2. The Morgan fingerprint density at radius 3 is 2.75 bits per heavy atom. The molecule has 1 amide bonds. The van der Waals surface area contributed by atoms with Crippen LogP contribution in [0.2, 0.25) is 0 Å². The van der Waals surface area contributed by atoms with Crippen LogP contribution >= 0.6 is 0 Å². The normalized spacial score (nSPS) is 29.6. The zero-order valence-electron chi connectivity index (χ0n) is 9.73. The van der Waals surface area contributed by atoms with Gasteiger partial charge in [0.1, 0.15) is 0 Å². The number of carbonyl (C=O) groups is 1. The summed E-state index contributed by atoms with van der Waals surface area (Å²) in [6.07, 6.45) is 3.97. The van der Waals surface area contributed by atoms with Crippen molar-refractivity contribution in [1.29, 1.82) is 0 Å². The quantitative estimate of drug-likeness (QED) is 0.759. The molecule has 5 nitrogen and oxygen atoms in total. The van der Waals surface area contributed by atoms with Crippen LogP contribution in [-0.2, 0) is 4.79 Å². The van der Waals surface area contributed by atoms with E-state index in [1.807, 2.05) is 20.2 Å². The fourth-order valence-corrected chi connectivity index (χ4v) is 2.39. The summed E-state index contributed by atoms with van der Waals surface area (Å²) in [6.45, 7) is 4.01. The lowest BCUT2D eigenvalue weighted by atomic mass is 9.98. The van der Waals surface area contributed by atoms with Crippen molar-refractivity contribution < 1.29 is 4.79 Å². The summed E-state index contributed by atoms with van der Waals surface area (Å²) >= 11 is 0. The molecule has 2 atom stereocenters. The van der Waals surface area contributed by atoms with E-state index in [9.17, 15) is 4.79 Å². The van der Waals surface area contributed by atoms with Crippen molar-refractivity contribution in [2.24, 2.45) is 11.5 Å². The summed E-state index contributed by atoms with van der Waals surface area (Å²) in [6, 6.07) is 0.249. The van der Waals surface area contributed by atoms with E-state index in [0.29, 0.717) is 12.8 Å². The first-order chi connectivity index (χ1) is 7.44. The van der Waals surface area contributed by atoms with E-state index in [2.05, 4.69) is 9.55 Å². The zero-order valence-corrected chi connectivity index (χ0v) is 9.73. The summed E-state index contributed by atoms with van der Waals surface area (Å²) < 4.78 is 2.10. The number of aryl methyl sites for hydroxylation is 1. The van der Waals surface area contributed by atoms with Crippen molar-refractivity contribution in [1.82, 2.24) is 9.55 Å². The summed E-state index contributed by atoms with van der Waals surface area (Å²) in [4.78, 5) is 15.5. The Labute approximate surface area is 94.8 Å². The van der Waals surface area contributed by atoms with Crippen molar-refractivity contribution in [3.63, 3.8) is 0 Å². The Balaban J connectivity index is 2.21. The number of amides is 1. The average Bonchev–Trinajstić information content (AvgIpc) is 2.74. The molecular formula is C11H18N4O. The van der Waals surface area contributed by atoms with Crippen molar-refractivity contribution in [2.45, 2.75) is 44.7 Å². The van der Waals surface area contributed by atoms with Gasteiger partial charge in [0.05, 0.1) is 17.6 Å². The van der Waals surface area contributed by atoms with Gasteiger partial charge >= 0.3 is 0 Å². The van der Waals surface area contributed by atoms with Crippen molar-refractivity contribution in [2.75, 3.05) is 0 Å². The maximum absolute atomic E-state index is 11.3. The minimum Gasteiger partial charge on any atom is -0.368 e. The van der Waals surface area contributed by atoms with Crippen LogP contribution in [0, 0.1) is 13.8 Å². The average molecular weight is 222 g/mol. The van der Waals surface area contributed by atoms with Gasteiger partial charge in [-0.2, -0.15) is 0 Å². The third-order valence-electron chi connectivity index (χ3n) is 3.69. The molecule has 1 aromatic heterocycles. The van der Waals surface area contributed by atoms with Gasteiger partial charge in [-0.3, -0.25) is 4.79 Å². The highest BCUT2D eigenvalue weighted by Crippen LogP contribution is 2.36. The second-order valence-electron chi connectivity index (χ2n) is 4.74. The summed E-state index contributed by atoms with van der Waals surface area (Å²) in [5, 5.41) is 0. The van der Waals surface area contributed by atoms with Crippen molar-refractivity contribution in [3.05, 3.63) is 17.7 Å². The van der Waals surface area contributed by atoms with Crippen molar-refractivity contribution >= 4 is 5.91 Å². The maximum atomic E-state index is 11.3. The van der Waals surface area contributed by atoms with E-state index in [4.69, 9.17) is 11.5 Å². The lowest BCUT2D eigenvalue weighted by molar-refractivity contribution is -0.123. The predicted octanol–water partition coefficient (Wildman–Crippen LogP) is 0.408. The molecule has 2 rings (SSSR count). The van der Waals surface area contributed by atoms with Crippen LogP contribution in [0.3, 0.4) is 0 Å². The number of aromatic nitrogens is 2. The molecule has 1 heterocycles. The molecule has 2 unspecified atom stereocenters. The third-order valence-corrected chi connectivity index (χ3v) is 3.69. The van der Waals surface area contributed by atoms with Crippen LogP contribution in [0.5, 0.6) is 0 Å². The SMILES string of the molecule is Cc1ncn(C2CCC(N)(C(N)=O)C2)c1C. The summed E-state index contributed by atoms with van der Waals surface area (Å²) in [5.74, 6) is -0.399. The Hall–Kier alpha value is -1.36. The molecule has 0 radical (unpaired) electrons. The number of imidazole rings is 1. The smallest absolute Gasteiger partial charge is 0.237 e. The fourth-order valence-electron chi connectivity index (χ4n) is 2.39. The Bertz CT molecular complexity index is 426. The number of primary amides is 1. The second-order valence-corrected chi connectivity index (χ2v) is 4.74. The van der Waals surface area contributed by atoms with E-state index in [1.54, 1.807) is 0 Å². The minimum atomic E-state index is -0.838. The second kappa shape index (κ2) is 3.59. The largest absolute Gasteiger partial charge is 0.368 e. The highest BCUT2D eigenvalue weighted by atomic mass is 16.1. The van der Waals surface area contributed by atoms with Crippen LogP contribution in [0.25, 0.3) is 0 Å². The molecule has 0 aromatic carbocycles. The van der Waals surface area contributed by atoms with E-state index in [0.717, 1.165) is 17.8 Å². The molecule has 0 bridgehead atoms. The lowest BCUT2D eigenvalue weighted by Gasteiger charge is -2.20. The zero-order chi connectivity index (χ0) is 11.9. The number of rotatable bonds is 2. The van der Waals surface area contributed by atoms with E-state index < -0.39 is 11.4 Å². The Kier molecular flexibility index (Phi) is 2.50. The Morgan fingerprint density at radius 2 is 2.31 bits per heavy atom. The van der Waals surface area contributed by atoms with Gasteiger partial charge in [-0.1, -0.05) is 0 Å². The molecule has 1 fully saturated rings. The van der Waals surface area contributed by atoms with Gasteiger partial charge in [-0.25, -0.2) is 4.98 Å². The Morgan fingerprint density at radius 1 is 1.62 bits per heavy atom. The van der Waals surface area contributed by atoms with E-state index in [1.165, 1.54) is 0 Å². The summed E-state index contributed by atoms with van der Waals surface area (Å²) in [7, 11) is 0. The fraction of sp³-hybridized carbons (Fsp3) is 0.636. The van der Waals surface area contributed by atoms with Crippen LogP contribution in [0.4, 0.5) is 0 Å². The number of hydrogen-bond acceptors (Lipinski definition) is 3. The molecule has 16 heavy (non-hydrogen) atoms. The van der Waals surface area contributed by atoms with Crippen LogP contribution in [-0.4, -0.2) is 21.0 Å². The molecule has 1 aliphatic rings. The number of carbonyl (C=O) groups excluding carboxylic acids is 1. The number of hydrogen-bond donors (Lipinski definition) is 2. The van der Waals surface area contributed by atoms with Gasteiger partial charge < -0.3 is 16.0 Å². The standard InChI is InChI=1S/C11H18N4O/c1-7-8(2)15(6-14-7)9-3-4-11(13,5-9)10(12)16/h6,9H,3-5,13H2,1-2H3,(H2,12,16). The van der Waals surface area contributed by atoms with Gasteiger partial charge in [-0.15, -0.1) is 0 Å². The van der Waals surface area contributed by atoms with E-state index in [-0.39, 0.29) is 6.04 Å². The molecule has 88 valence electrons. The summed E-state index contributed by atoms with van der Waals surface area (Å²) in [5.41, 5.74) is 12.6. The predicted molar refractivity (Wildman–Crippen MR) is 60.7 cm³/mol. The topological polar surface area (TPSA) is 86.9 Å². The first kappa shape index (κ1) is 11.1. The highest BCUT2D eigenvalue weighted by molar-refractivity contribution is 5.84. The molecule has 0 spiro atoms. The minimum absolute atomic E-state index is 0.249. The van der Waals surface area contributed by atoms with Crippen molar-refractivity contribution in [3.8, 4) is 0 Å². The van der Waals surface area contributed by atoms with Gasteiger partial charge in [-0.05, 0) is 33.1 Å². The lowest BCUT2D eigenvalue weighted by Crippen LogP contribution is -2.49. The van der Waals surface area contributed by atoms with Crippen LogP contribution in [0.15, 0.2) is 6.33 Å². The first-order valence-corrected chi connectivity index (χ1v) is 5.53. The number of nitrogens with two attached hydrogens (primary N) is 2. The molecular weight excluding hydrogens is 204 g/mol. The third kappa shape index (κ3) is 1.61. The highest BCUT2D eigenvalue weighted by Gasteiger charge is 2.41.